The first kappa shape index (κ1) is 19.2. The van der Waals surface area contributed by atoms with Crippen molar-refractivity contribution in [2.75, 3.05) is 20.8 Å². The fourth-order valence-corrected chi connectivity index (χ4v) is 4.27. The Labute approximate surface area is 162 Å². The molecule has 3 rings (SSSR count). The molecule has 2 atom stereocenters. The second kappa shape index (κ2) is 8.39. The SMILES string of the molecule is CCOC(=O)[C@@H]1C(=O)C=C(c2cc(OC)ccc2OC)C[C@@H]1c1cccs1. The molecule has 0 N–H and O–H groups in total. The van der Waals surface area contributed by atoms with Crippen LogP contribution in [-0.2, 0) is 14.3 Å². The molecule has 0 amide bonds. The molecule has 0 spiro atoms. The van der Waals surface area contributed by atoms with Crippen molar-refractivity contribution in [3.05, 3.63) is 52.2 Å². The Morgan fingerprint density at radius 2 is 2.04 bits per heavy atom. The van der Waals surface area contributed by atoms with E-state index < -0.39 is 11.9 Å². The molecule has 142 valence electrons. The predicted octanol–water partition coefficient (Wildman–Crippen LogP) is 4.08. The molecular weight excluding hydrogens is 364 g/mol. The highest BCUT2D eigenvalue weighted by atomic mass is 32.1. The fourth-order valence-electron chi connectivity index (χ4n) is 3.41. The van der Waals surface area contributed by atoms with E-state index in [-0.39, 0.29) is 18.3 Å². The summed E-state index contributed by atoms with van der Waals surface area (Å²) in [4.78, 5) is 26.4. The normalized spacial score (nSPS) is 19.4. The van der Waals surface area contributed by atoms with E-state index in [9.17, 15) is 9.59 Å². The van der Waals surface area contributed by atoms with Crippen LogP contribution in [0.1, 0.15) is 29.7 Å². The smallest absolute Gasteiger partial charge is 0.317 e. The van der Waals surface area contributed by atoms with E-state index in [2.05, 4.69) is 0 Å². The molecular formula is C21H22O5S. The molecule has 0 bridgehead atoms. The van der Waals surface area contributed by atoms with Crippen LogP contribution < -0.4 is 9.47 Å². The number of hydrogen-bond donors (Lipinski definition) is 0. The van der Waals surface area contributed by atoms with Gasteiger partial charge < -0.3 is 14.2 Å². The van der Waals surface area contributed by atoms with Crippen molar-refractivity contribution >= 4 is 28.7 Å². The van der Waals surface area contributed by atoms with Crippen LogP contribution in [0.2, 0.25) is 0 Å². The van der Waals surface area contributed by atoms with Gasteiger partial charge in [0.1, 0.15) is 17.4 Å². The first-order chi connectivity index (χ1) is 13.1. The number of allylic oxidation sites excluding steroid dienone is 2. The molecule has 6 heteroatoms. The summed E-state index contributed by atoms with van der Waals surface area (Å²) in [6.45, 7) is 1.99. The molecule has 0 aliphatic heterocycles. The summed E-state index contributed by atoms with van der Waals surface area (Å²) in [5.74, 6) is -0.433. The summed E-state index contributed by atoms with van der Waals surface area (Å²) in [5, 5.41) is 1.95. The largest absolute Gasteiger partial charge is 0.497 e. The van der Waals surface area contributed by atoms with E-state index in [1.807, 2.05) is 35.7 Å². The number of esters is 1. The van der Waals surface area contributed by atoms with Crippen LogP contribution in [-0.4, -0.2) is 32.6 Å². The molecule has 1 aromatic carbocycles. The summed E-state index contributed by atoms with van der Waals surface area (Å²) in [6.07, 6.45) is 2.09. The number of carbonyl (C=O) groups is 2. The van der Waals surface area contributed by atoms with Crippen LogP contribution in [0.25, 0.3) is 5.57 Å². The van der Waals surface area contributed by atoms with Gasteiger partial charge >= 0.3 is 5.97 Å². The van der Waals surface area contributed by atoms with Crippen LogP contribution in [0.15, 0.2) is 41.8 Å². The Morgan fingerprint density at radius 3 is 2.67 bits per heavy atom. The van der Waals surface area contributed by atoms with Crippen LogP contribution in [0.3, 0.4) is 0 Å². The molecule has 1 heterocycles. The first-order valence-corrected chi connectivity index (χ1v) is 9.63. The molecule has 5 nitrogen and oxygen atoms in total. The minimum absolute atomic E-state index is 0.238. The van der Waals surface area contributed by atoms with Gasteiger partial charge in [-0.1, -0.05) is 6.07 Å². The number of carbonyl (C=O) groups excluding carboxylic acids is 2. The molecule has 27 heavy (non-hydrogen) atoms. The van der Waals surface area contributed by atoms with Gasteiger partial charge in [-0.15, -0.1) is 11.3 Å². The van der Waals surface area contributed by atoms with Gasteiger partial charge in [-0.25, -0.2) is 0 Å². The molecule has 0 unspecified atom stereocenters. The second-order valence-electron chi connectivity index (χ2n) is 6.19. The van der Waals surface area contributed by atoms with E-state index >= 15 is 0 Å². The lowest BCUT2D eigenvalue weighted by Crippen LogP contribution is -2.33. The monoisotopic (exact) mass is 386 g/mol. The van der Waals surface area contributed by atoms with E-state index in [0.29, 0.717) is 17.9 Å². The average molecular weight is 386 g/mol. The molecule has 0 saturated carbocycles. The van der Waals surface area contributed by atoms with Crippen molar-refractivity contribution in [2.45, 2.75) is 19.3 Å². The Hall–Kier alpha value is -2.60. The van der Waals surface area contributed by atoms with Crippen LogP contribution in [0, 0.1) is 5.92 Å². The zero-order valence-electron chi connectivity index (χ0n) is 15.6. The fraction of sp³-hybridized carbons (Fsp3) is 0.333. The number of ketones is 1. The lowest BCUT2D eigenvalue weighted by Gasteiger charge is -2.29. The average Bonchev–Trinajstić information content (AvgIpc) is 3.21. The molecule has 1 aliphatic carbocycles. The Kier molecular flexibility index (Phi) is 5.96. The highest BCUT2D eigenvalue weighted by molar-refractivity contribution is 7.10. The zero-order chi connectivity index (χ0) is 19.4. The number of benzene rings is 1. The molecule has 2 aromatic rings. The van der Waals surface area contributed by atoms with Crippen molar-refractivity contribution in [3.8, 4) is 11.5 Å². The highest BCUT2D eigenvalue weighted by Gasteiger charge is 2.40. The molecule has 1 aromatic heterocycles. The topological polar surface area (TPSA) is 61.8 Å². The summed E-state index contributed by atoms with van der Waals surface area (Å²) in [5.41, 5.74) is 1.63. The number of methoxy groups -OCH3 is 2. The van der Waals surface area contributed by atoms with Crippen molar-refractivity contribution in [2.24, 2.45) is 5.92 Å². The predicted molar refractivity (Wildman–Crippen MR) is 104 cm³/mol. The second-order valence-corrected chi connectivity index (χ2v) is 7.17. The standard InChI is InChI=1S/C21H22O5S/c1-4-26-21(23)20-16(19-6-5-9-27-19)10-13(11-17(20)22)15-12-14(24-2)7-8-18(15)25-3/h5-9,11-12,16,20H,4,10H2,1-3H3/t16-,20+/m1/s1. The lowest BCUT2D eigenvalue weighted by atomic mass is 9.76. The lowest BCUT2D eigenvalue weighted by molar-refractivity contribution is -0.151. The highest BCUT2D eigenvalue weighted by Crippen LogP contribution is 2.44. The first-order valence-electron chi connectivity index (χ1n) is 8.75. The van der Waals surface area contributed by atoms with Crippen molar-refractivity contribution < 1.29 is 23.8 Å². The molecule has 1 aliphatic rings. The van der Waals surface area contributed by atoms with E-state index in [4.69, 9.17) is 14.2 Å². The number of ether oxygens (including phenoxy) is 3. The quantitative estimate of drug-likeness (QED) is 0.553. The third-order valence-corrected chi connectivity index (χ3v) is 5.67. The van der Waals surface area contributed by atoms with Gasteiger partial charge in [0, 0.05) is 16.4 Å². The Bertz CT molecular complexity index is 853. The summed E-state index contributed by atoms with van der Waals surface area (Å²) in [7, 11) is 3.19. The Balaban J connectivity index is 2.05. The third kappa shape index (κ3) is 3.90. The van der Waals surface area contributed by atoms with Gasteiger partial charge in [0.15, 0.2) is 5.78 Å². The van der Waals surface area contributed by atoms with Crippen molar-refractivity contribution in [1.82, 2.24) is 0 Å². The van der Waals surface area contributed by atoms with Crippen LogP contribution in [0.5, 0.6) is 11.5 Å². The van der Waals surface area contributed by atoms with Gasteiger partial charge in [0.25, 0.3) is 0 Å². The van der Waals surface area contributed by atoms with Crippen molar-refractivity contribution in [3.63, 3.8) is 0 Å². The van der Waals surface area contributed by atoms with Crippen LogP contribution >= 0.6 is 11.3 Å². The maximum Gasteiger partial charge on any atom is 0.317 e. The maximum atomic E-state index is 12.9. The van der Waals surface area contributed by atoms with E-state index in [1.54, 1.807) is 38.6 Å². The maximum absolute atomic E-state index is 12.9. The minimum atomic E-state index is -0.816. The van der Waals surface area contributed by atoms with Gasteiger partial charge in [-0.3, -0.25) is 9.59 Å². The van der Waals surface area contributed by atoms with Gasteiger partial charge in [0.2, 0.25) is 0 Å². The molecule has 0 radical (unpaired) electrons. The van der Waals surface area contributed by atoms with E-state index in [1.165, 1.54) is 0 Å². The third-order valence-electron chi connectivity index (χ3n) is 4.67. The summed E-state index contributed by atoms with van der Waals surface area (Å²) < 4.78 is 16.0. The summed E-state index contributed by atoms with van der Waals surface area (Å²) in [6, 6.07) is 9.37. The van der Waals surface area contributed by atoms with Crippen molar-refractivity contribution in [1.29, 1.82) is 0 Å². The minimum Gasteiger partial charge on any atom is -0.497 e. The van der Waals surface area contributed by atoms with E-state index in [0.717, 1.165) is 16.0 Å². The van der Waals surface area contributed by atoms with Gasteiger partial charge in [-0.05, 0) is 54.6 Å². The molecule has 0 fully saturated rings. The number of hydrogen-bond acceptors (Lipinski definition) is 6. The van der Waals surface area contributed by atoms with Gasteiger partial charge in [-0.2, -0.15) is 0 Å². The number of rotatable bonds is 6. The summed E-state index contributed by atoms with van der Waals surface area (Å²) >= 11 is 1.54. The zero-order valence-corrected chi connectivity index (χ0v) is 16.4. The number of thiophene rings is 1. The molecule has 0 saturated heterocycles. The van der Waals surface area contributed by atoms with Crippen LogP contribution in [0.4, 0.5) is 0 Å². The van der Waals surface area contributed by atoms with Gasteiger partial charge in [0.05, 0.1) is 20.8 Å². The Morgan fingerprint density at radius 1 is 1.22 bits per heavy atom.